The zero-order chi connectivity index (χ0) is 21.0. The first-order valence-corrected chi connectivity index (χ1v) is 8.93. The lowest BCUT2D eigenvalue weighted by Gasteiger charge is -2.08. The van der Waals surface area contributed by atoms with E-state index in [0.29, 0.717) is 16.0 Å². The standard InChI is InChI=1S/C18H19N3O6S/c1-10-14(18(24)27-4)16(28-15(10)17(23)20(2)3)19-13(22)9-11-5-7-12(8-6-11)21(25)26/h5-8H,9H2,1-4H3,(H,19,22). The molecule has 2 amide bonds. The Morgan fingerprint density at radius 3 is 2.32 bits per heavy atom. The predicted molar refractivity (Wildman–Crippen MR) is 104 cm³/mol. The van der Waals surface area contributed by atoms with Crippen LogP contribution in [0.25, 0.3) is 0 Å². The number of benzene rings is 1. The second-order valence-electron chi connectivity index (χ2n) is 6.10. The van der Waals surface area contributed by atoms with Gasteiger partial charge in [0, 0.05) is 26.2 Å². The average Bonchev–Trinajstić information content (AvgIpc) is 2.96. The van der Waals surface area contributed by atoms with Crippen molar-refractivity contribution in [1.29, 1.82) is 0 Å². The highest BCUT2D eigenvalue weighted by molar-refractivity contribution is 7.18. The molecule has 9 nitrogen and oxygen atoms in total. The van der Waals surface area contributed by atoms with Crippen LogP contribution in [0.1, 0.15) is 31.2 Å². The van der Waals surface area contributed by atoms with E-state index in [1.165, 1.54) is 36.3 Å². The maximum absolute atomic E-state index is 12.4. The molecule has 0 aliphatic rings. The van der Waals surface area contributed by atoms with Crippen LogP contribution in [0.2, 0.25) is 0 Å². The van der Waals surface area contributed by atoms with E-state index in [2.05, 4.69) is 5.32 Å². The summed E-state index contributed by atoms with van der Waals surface area (Å²) in [6.07, 6.45) is -0.0491. The maximum atomic E-state index is 12.4. The summed E-state index contributed by atoms with van der Waals surface area (Å²) in [7, 11) is 4.40. The van der Waals surface area contributed by atoms with E-state index < -0.39 is 16.8 Å². The second kappa shape index (κ2) is 8.61. The number of nitrogens with one attached hydrogen (secondary N) is 1. The minimum Gasteiger partial charge on any atom is -0.465 e. The van der Waals surface area contributed by atoms with Crippen molar-refractivity contribution in [2.45, 2.75) is 13.3 Å². The summed E-state index contributed by atoms with van der Waals surface area (Å²) in [6, 6.07) is 5.59. The number of carbonyl (C=O) groups is 3. The Morgan fingerprint density at radius 1 is 1.21 bits per heavy atom. The van der Waals surface area contributed by atoms with Crippen LogP contribution in [0.5, 0.6) is 0 Å². The Hall–Kier alpha value is -3.27. The number of nitrogens with zero attached hydrogens (tertiary/aromatic N) is 2. The highest BCUT2D eigenvalue weighted by Gasteiger charge is 2.27. The quantitative estimate of drug-likeness (QED) is 0.448. The molecular weight excluding hydrogens is 386 g/mol. The fourth-order valence-electron chi connectivity index (χ4n) is 2.45. The predicted octanol–water partition coefficient (Wildman–Crippen LogP) is 2.63. The molecule has 2 rings (SSSR count). The molecule has 1 heterocycles. The number of nitro benzene ring substituents is 1. The molecule has 1 N–H and O–H groups in total. The van der Waals surface area contributed by atoms with Crippen LogP contribution in [0.4, 0.5) is 10.7 Å². The van der Waals surface area contributed by atoms with Crippen LogP contribution >= 0.6 is 11.3 Å². The lowest BCUT2D eigenvalue weighted by atomic mass is 10.1. The summed E-state index contributed by atoms with van der Waals surface area (Å²) < 4.78 is 4.77. The van der Waals surface area contributed by atoms with Crippen molar-refractivity contribution in [2.75, 3.05) is 26.5 Å². The fraction of sp³-hybridized carbons (Fsp3) is 0.278. The van der Waals surface area contributed by atoms with Crippen molar-refractivity contribution >= 4 is 39.8 Å². The number of esters is 1. The molecule has 1 aromatic carbocycles. The smallest absolute Gasteiger partial charge is 0.341 e. The van der Waals surface area contributed by atoms with Crippen molar-refractivity contribution in [3.8, 4) is 0 Å². The fourth-order valence-corrected chi connectivity index (χ4v) is 3.68. The Morgan fingerprint density at radius 2 is 1.82 bits per heavy atom. The number of carbonyl (C=O) groups excluding carboxylic acids is 3. The number of anilines is 1. The van der Waals surface area contributed by atoms with Gasteiger partial charge < -0.3 is 15.0 Å². The zero-order valence-electron chi connectivity index (χ0n) is 15.8. The molecule has 0 saturated heterocycles. The first-order valence-electron chi connectivity index (χ1n) is 8.12. The van der Waals surface area contributed by atoms with Crippen molar-refractivity contribution in [3.63, 3.8) is 0 Å². The Balaban J connectivity index is 2.27. The summed E-state index contributed by atoms with van der Waals surface area (Å²) >= 11 is 0.998. The average molecular weight is 405 g/mol. The molecule has 0 radical (unpaired) electrons. The lowest BCUT2D eigenvalue weighted by molar-refractivity contribution is -0.384. The van der Waals surface area contributed by atoms with Gasteiger partial charge in [0.05, 0.1) is 28.9 Å². The third-order valence-corrected chi connectivity index (χ3v) is 5.10. The van der Waals surface area contributed by atoms with Crippen LogP contribution in [0.15, 0.2) is 24.3 Å². The zero-order valence-corrected chi connectivity index (χ0v) is 16.6. The summed E-state index contributed by atoms with van der Waals surface area (Å²) in [4.78, 5) is 48.7. The van der Waals surface area contributed by atoms with Crippen LogP contribution in [-0.4, -0.2) is 48.8 Å². The van der Waals surface area contributed by atoms with Crippen molar-refractivity contribution in [3.05, 3.63) is 55.9 Å². The van der Waals surface area contributed by atoms with Gasteiger partial charge in [-0.05, 0) is 18.1 Å². The van der Waals surface area contributed by atoms with Gasteiger partial charge in [0.15, 0.2) is 0 Å². The van der Waals surface area contributed by atoms with Gasteiger partial charge in [0.1, 0.15) is 5.00 Å². The molecule has 2 aromatic rings. The number of methoxy groups -OCH3 is 1. The van der Waals surface area contributed by atoms with Crippen LogP contribution in [-0.2, 0) is 16.0 Å². The van der Waals surface area contributed by atoms with E-state index in [9.17, 15) is 24.5 Å². The number of nitro groups is 1. The minimum atomic E-state index is -0.655. The Kier molecular flexibility index (Phi) is 6.47. The van der Waals surface area contributed by atoms with Gasteiger partial charge in [-0.25, -0.2) is 4.79 Å². The van der Waals surface area contributed by atoms with Gasteiger partial charge in [-0.3, -0.25) is 19.7 Å². The number of amides is 2. The summed E-state index contributed by atoms with van der Waals surface area (Å²) in [6.45, 7) is 1.62. The third kappa shape index (κ3) is 4.52. The van der Waals surface area contributed by atoms with Gasteiger partial charge in [0.2, 0.25) is 5.91 Å². The van der Waals surface area contributed by atoms with Crippen molar-refractivity contribution in [1.82, 2.24) is 4.90 Å². The van der Waals surface area contributed by atoms with E-state index in [1.807, 2.05) is 0 Å². The third-order valence-electron chi connectivity index (χ3n) is 3.90. The first-order chi connectivity index (χ1) is 13.1. The van der Waals surface area contributed by atoms with Gasteiger partial charge in [0.25, 0.3) is 11.6 Å². The topological polar surface area (TPSA) is 119 Å². The second-order valence-corrected chi connectivity index (χ2v) is 7.12. The van der Waals surface area contributed by atoms with Crippen molar-refractivity contribution in [2.24, 2.45) is 0 Å². The highest BCUT2D eigenvalue weighted by Crippen LogP contribution is 2.34. The molecule has 0 unspecified atom stereocenters. The van der Waals surface area contributed by atoms with E-state index in [4.69, 9.17) is 4.74 Å². The number of hydrogen-bond donors (Lipinski definition) is 1. The molecule has 0 bridgehead atoms. The van der Waals surface area contributed by atoms with Crippen molar-refractivity contribution < 1.29 is 24.0 Å². The van der Waals surface area contributed by atoms with Crippen LogP contribution in [0, 0.1) is 17.0 Å². The lowest BCUT2D eigenvalue weighted by Crippen LogP contribution is -2.21. The molecule has 0 atom stereocenters. The molecule has 0 saturated carbocycles. The Bertz CT molecular complexity index is 934. The number of rotatable bonds is 6. The van der Waals surface area contributed by atoms with Gasteiger partial charge in [-0.2, -0.15) is 0 Å². The highest BCUT2D eigenvalue weighted by atomic mass is 32.1. The summed E-state index contributed by atoms with van der Waals surface area (Å²) in [5.74, 6) is -1.37. The molecular formula is C18H19N3O6S. The normalized spacial score (nSPS) is 10.3. The molecule has 10 heteroatoms. The van der Waals surface area contributed by atoms with E-state index in [0.717, 1.165) is 11.3 Å². The summed E-state index contributed by atoms with van der Waals surface area (Å²) in [5.41, 5.74) is 1.06. The monoisotopic (exact) mass is 405 g/mol. The van der Waals surface area contributed by atoms with Crippen LogP contribution in [0.3, 0.4) is 0 Å². The number of non-ortho nitro benzene ring substituents is 1. The molecule has 28 heavy (non-hydrogen) atoms. The van der Waals surface area contributed by atoms with E-state index in [1.54, 1.807) is 21.0 Å². The molecule has 0 aliphatic heterocycles. The van der Waals surface area contributed by atoms with Gasteiger partial charge in [-0.1, -0.05) is 12.1 Å². The van der Waals surface area contributed by atoms with Crippen LogP contribution < -0.4 is 5.32 Å². The number of hydrogen-bond acceptors (Lipinski definition) is 7. The number of ether oxygens (including phenoxy) is 1. The molecule has 1 aromatic heterocycles. The molecule has 148 valence electrons. The minimum absolute atomic E-state index is 0.0491. The molecule has 0 fully saturated rings. The largest absolute Gasteiger partial charge is 0.465 e. The van der Waals surface area contributed by atoms with E-state index in [-0.39, 0.29) is 28.6 Å². The Labute approximate surface area is 165 Å². The summed E-state index contributed by atoms with van der Waals surface area (Å²) in [5, 5.41) is 13.6. The maximum Gasteiger partial charge on any atom is 0.341 e. The first kappa shape index (κ1) is 21.0. The van der Waals surface area contributed by atoms with Gasteiger partial charge >= 0.3 is 5.97 Å². The molecule has 0 aliphatic carbocycles. The SMILES string of the molecule is COC(=O)c1c(NC(=O)Cc2ccc([N+](=O)[O-])cc2)sc(C(=O)N(C)C)c1C. The van der Waals surface area contributed by atoms with E-state index >= 15 is 0 Å². The van der Waals surface area contributed by atoms with Gasteiger partial charge in [-0.15, -0.1) is 11.3 Å². The number of thiophene rings is 1. The molecule has 0 spiro atoms.